The summed E-state index contributed by atoms with van der Waals surface area (Å²) in [6.07, 6.45) is 0. The molecule has 0 saturated carbocycles. The Bertz CT molecular complexity index is 1360. The summed E-state index contributed by atoms with van der Waals surface area (Å²) in [6, 6.07) is 9.13. The van der Waals surface area contributed by atoms with Crippen LogP contribution in [0.5, 0.6) is 11.5 Å². The average molecular weight is 496 g/mol. The zero-order valence-electron chi connectivity index (χ0n) is 18.0. The van der Waals surface area contributed by atoms with Crippen molar-refractivity contribution in [3.63, 3.8) is 0 Å². The van der Waals surface area contributed by atoms with Gasteiger partial charge in [-0.15, -0.1) is 0 Å². The SMILES string of the molecule is COc1ccc(S(=O)(=O)N2CCN(C(=O)Cn3c(=O)oc4cc(Cl)ccc43)CC2)cc1OC. The third kappa shape index (κ3) is 4.43. The van der Waals surface area contributed by atoms with Crippen LogP contribution in [0, 0.1) is 0 Å². The lowest BCUT2D eigenvalue weighted by Crippen LogP contribution is -2.51. The third-order valence-electron chi connectivity index (χ3n) is 5.51. The van der Waals surface area contributed by atoms with E-state index in [0.717, 1.165) is 0 Å². The Balaban J connectivity index is 1.45. The minimum atomic E-state index is -3.78. The minimum absolute atomic E-state index is 0.0787. The number of benzene rings is 2. The highest BCUT2D eigenvalue weighted by Crippen LogP contribution is 2.31. The van der Waals surface area contributed by atoms with Crippen LogP contribution in [-0.4, -0.2) is 68.5 Å². The Morgan fingerprint density at radius 2 is 1.73 bits per heavy atom. The van der Waals surface area contributed by atoms with Crippen LogP contribution in [0.4, 0.5) is 0 Å². The number of aromatic nitrogens is 1. The number of carbonyl (C=O) groups excluding carboxylic acids is 1. The number of nitrogens with zero attached hydrogens (tertiary/aromatic N) is 3. The highest BCUT2D eigenvalue weighted by Gasteiger charge is 2.31. The topological polar surface area (TPSA) is 111 Å². The van der Waals surface area contributed by atoms with E-state index < -0.39 is 15.8 Å². The predicted octanol–water partition coefficient (Wildman–Crippen LogP) is 1.80. The maximum atomic E-state index is 13.1. The summed E-state index contributed by atoms with van der Waals surface area (Å²) in [5, 5.41) is 0.418. The van der Waals surface area contributed by atoms with Crippen molar-refractivity contribution in [3.8, 4) is 11.5 Å². The first-order valence-electron chi connectivity index (χ1n) is 10.0. The largest absolute Gasteiger partial charge is 0.493 e. The number of piperazine rings is 1. The van der Waals surface area contributed by atoms with Crippen LogP contribution in [0.15, 0.2) is 50.5 Å². The number of carbonyl (C=O) groups is 1. The van der Waals surface area contributed by atoms with Gasteiger partial charge in [0.05, 0.1) is 24.6 Å². The molecular weight excluding hydrogens is 474 g/mol. The maximum Gasteiger partial charge on any atom is 0.420 e. The molecule has 1 amide bonds. The highest BCUT2D eigenvalue weighted by atomic mass is 35.5. The fraction of sp³-hybridized carbons (Fsp3) is 0.333. The second-order valence-corrected chi connectivity index (χ2v) is 9.74. The molecule has 3 aromatic rings. The molecule has 33 heavy (non-hydrogen) atoms. The summed E-state index contributed by atoms with van der Waals surface area (Å²) in [4.78, 5) is 26.6. The van der Waals surface area contributed by atoms with E-state index in [4.69, 9.17) is 25.5 Å². The highest BCUT2D eigenvalue weighted by molar-refractivity contribution is 7.89. The molecule has 10 nitrogen and oxygen atoms in total. The van der Waals surface area contributed by atoms with Gasteiger partial charge in [0.15, 0.2) is 17.1 Å². The van der Waals surface area contributed by atoms with Gasteiger partial charge in [0.1, 0.15) is 6.54 Å². The molecule has 0 bridgehead atoms. The van der Waals surface area contributed by atoms with Crippen molar-refractivity contribution in [3.05, 3.63) is 52.0 Å². The van der Waals surface area contributed by atoms with Gasteiger partial charge in [-0.2, -0.15) is 4.31 Å². The minimum Gasteiger partial charge on any atom is -0.493 e. The third-order valence-corrected chi connectivity index (χ3v) is 7.64. The van der Waals surface area contributed by atoms with Crippen molar-refractivity contribution in [2.75, 3.05) is 40.4 Å². The standard InChI is InChI=1S/C21H22ClN3O7S/c1-30-17-6-4-15(12-19(17)31-2)33(28,29)24-9-7-23(8-10-24)20(26)13-25-16-5-3-14(22)11-18(16)32-21(25)27/h3-6,11-12H,7-10,13H2,1-2H3. The van der Waals surface area contributed by atoms with Crippen LogP contribution < -0.4 is 15.2 Å². The number of fused-ring (bicyclic) bond motifs is 1. The summed E-state index contributed by atoms with van der Waals surface area (Å²) in [5.74, 6) is -0.226. The van der Waals surface area contributed by atoms with Gasteiger partial charge < -0.3 is 18.8 Å². The van der Waals surface area contributed by atoms with Crippen molar-refractivity contribution in [2.45, 2.75) is 11.4 Å². The van der Waals surface area contributed by atoms with Crippen LogP contribution >= 0.6 is 11.6 Å². The van der Waals surface area contributed by atoms with Gasteiger partial charge in [0.2, 0.25) is 15.9 Å². The zero-order chi connectivity index (χ0) is 23.8. The molecule has 0 aliphatic carbocycles. The molecule has 2 aromatic carbocycles. The Morgan fingerprint density at radius 3 is 2.39 bits per heavy atom. The van der Waals surface area contributed by atoms with Gasteiger partial charge >= 0.3 is 5.76 Å². The van der Waals surface area contributed by atoms with Crippen molar-refractivity contribution < 1.29 is 27.1 Å². The molecule has 1 fully saturated rings. The summed E-state index contributed by atoms with van der Waals surface area (Å²) < 4.78 is 44.2. The summed E-state index contributed by atoms with van der Waals surface area (Å²) >= 11 is 5.92. The molecule has 2 heterocycles. The second kappa shape index (κ2) is 9.08. The molecule has 12 heteroatoms. The lowest BCUT2D eigenvalue weighted by Gasteiger charge is -2.34. The van der Waals surface area contributed by atoms with Gasteiger partial charge in [-0.25, -0.2) is 13.2 Å². The first-order chi connectivity index (χ1) is 15.7. The van der Waals surface area contributed by atoms with Crippen molar-refractivity contribution >= 4 is 38.6 Å². The molecule has 1 aromatic heterocycles. The van der Waals surface area contributed by atoms with E-state index in [1.54, 1.807) is 12.1 Å². The number of sulfonamides is 1. The van der Waals surface area contributed by atoms with E-state index in [9.17, 15) is 18.0 Å². The molecule has 0 unspecified atom stereocenters. The Hall–Kier alpha value is -3.02. The zero-order valence-corrected chi connectivity index (χ0v) is 19.6. The lowest BCUT2D eigenvalue weighted by atomic mass is 10.3. The smallest absolute Gasteiger partial charge is 0.420 e. The number of amides is 1. The fourth-order valence-corrected chi connectivity index (χ4v) is 5.33. The summed E-state index contributed by atoms with van der Waals surface area (Å²) in [5.41, 5.74) is 0.763. The van der Waals surface area contributed by atoms with Crippen molar-refractivity contribution in [1.29, 1.82) is 0 Å². The number of hydrogen-bond donors (Lipinski definition) is 0. The maximum absolute atomic E-state index is 13.1. The molecule has 0 N–H and O–H groups in total. The predicted molar refractivity (Wildman–Crippen MR) is 120 cm³/mol. The number of rotatable bonds is 6. The first kappa shape index (κ1) is 23.1. The number of ether oxygens (including phenoxy) is 2. The molecule has 1 aliphatic heterocycles. The molecule has 1 saturated heterocycles. The van der Waals surface area contributed by atoms with E-state index in [-0.39, 0.29) is 43.5 Å². The fourth-order valence-electron chi connectivity index (χ4n) is 3.73. The van der Waals surface area contributed by atoms with E-state index in [0.29, 0.717) is 27.6 Å². The Kier molecular flexibility index (Phi) is 6.37. The van der Waals surface area contributed by atoms with E-state index in [2.05, 4.69) is 0 Å². The average Bonchev–Trinajstić information content (AvgIpc) is 3.12. The Labute approximate surface area is 194 Å². The monoisotopic (exact) mass is 495 g/mol. The summed E-state index contributed by atoms with van der Waals surface area (Å²) in [7, 11) is -0.879. The Morgan fingerprint density at radius 1 is 1.03 bits per heavy atom. The molecule has 0 spiro atoms. The van der Waals surface area contributed by atoms with Gasteiger partial charge in [0.25, 0.3) is 0 Å². The molecule has 4 rings (SSSR count). The second-order valence-electron chi connectivity index (χ2n) is 7.37. The van der Waals surface area contributed by atoms with E-state index in [1.165, 1.54) is 52.3 Å². The number of methoxy groups -OCH3 is 2. The van der Waals surface area contributed by atoms with Crippen LogP contribution in [0.2, 0.25) is 5.02 Å². The summed E-state index contributed by atoms with van der Waals surface area (Å²) in [6.45, 7) is 0.428. The molecule has 176 valence electrons. The van der Waals surface area contributed by atoms with E-state index >= 15 is 0 Å². The quantitative estimate of drug-likeness (QED) is 0.512. The van der Waals surface area contributed by atoms with Gasteiger partial charge in [-0.1, -0.05) is 11.6 Å². The van der Waals surface area contributed by atoms with Crippen LogP contribution in [0.25, 0.3) is 11.1 Å². The van der Waals surface area contributed by atoms with Crippen molar-refractivity contribution in [1.82, 2.24) is 13.8 Å². The van der Waals surface area contributed by atoms with Crippen LogP contribution in [-0.2, 0) is 21.4 Å². The molecule has 0 atom stereocenters. The van der Waals surface area contributed by atoms with Gasteiger partial charge in [-0.05, 0) is 24.3 Å². The van der Waals surface area contributed by atoms with E-state index in [1.807, 2.05) is 0 Å². The number of oxazole rings is 1. The lowest BCUT2D eigenvalue weighted by molar-refractivity contribution is -0.133. The van der Waals surface area contributed by atoms with Crippen LogP contribution in [0.1, 0.15) is 0 Å². The number of hydrogen-bond acceptors (Lipinski definition) is 7. The molecule has 0 radical (unpaired) electrons. The van der Waals surface area contributed by atoms with Crippen molar-refractivity contribution in [2.24, 2.45) is 0 Å². The van der Waals surface area contributed by atoms with Gasteiger partial charge in [-0.3, -0.25) is 9.36 Å². The first-order valence-corrected chi connectivity index (χ1v) is 11.8. The normalized spacial score (nSPS) is 15.1. The van der Waals surface area contributed by atoms with Gasteiger partial charge in [0, 0.05) is 43.3 Å². The van der Waals surface area contributed by atoms with Crippen LogP contribution in [0.3, 0.4) is 0 Å². The number of halogens is 1. The molecular formula is C21H22ClN3O7S. The molecule has 1 aliphatic rings.